The molecule has 0 spiro atoms. The van der Waals surface area contributed by atoms with Crippen molar-refractivity contribution in [2.45, 2.75) is 19.9 Å². The molecule has 1 unspecified atom stereocenters. The minimum atomic E-state index is -0.646. The summed E-state index contributed by atoms with van der Waals surface area (Å²) in [4.78, 5) is 24.6. The quantitative estimate of drug-likeness (QED) is 0.715. The third kappa shape index (κ3) is 5.38. The van der Waals surface area contributed by atoms with Crippen LogP contribution in [0.15, 0.2) is 59.1 Å². The summed E-state index contributed by atoms with van der Waals surface area (Å²) >= 11 is 3.36. The molecule has 0 aliphatic carbocycles. The highest BCUT2D eigenvalue weighted by atomic mass is 79.9. The van der Waals surface area contributed by atoms with Crippen LogP contribution in [-0.4, -0.2) is 18.0 Å². The van der Waals surface area contributed by atoms with Gasteiger partial charge in [0.05, 0.1) is 0 Å². The monoisotopic (exact) mass is 389 g/mol. The summed E-state index contributed by atoms with van der Waals surface area (Å²) in [6.45, 7) is 3.77. The lowest BCUT2D eigenvalue weighted by molar-refractivity contribution is -0.118. The number of benzene rings is 2. The first-order valence-electron chi connectivity index (χ1n) is 7.64. The summed E-state index contributed by atoms with van der Waals surface area (Å²) in [6, 6.07) is 15.3. The topological polar surface area (TPSA) is 70.2 Å². The molecule has 3 amide bonds. The number of carbonyl (C=O) groups is 2. The molecule has 0 aliphatic rings. The van der Waals surface area contributed by atoms with Crippen LogP contribution in [0.2, 0.25) is 0 Å². The Kier molecular flexibility index (Phi) is 6.37. The average Bonchev–Trinajstić information content (AvgIpc) is 2.53. The SMILES string of the molecule is CC(C)C(NC(=O)Nc1ccccc1)C(=O)Nc1cccc(Br)c1. The number of hydrogen-bond acceptors (Lipinski definition) is 2. The first-order chi connectivity index (χ1) is 11.5. The van der Waals surface area contributed by atoms with E-state index in [2.05, 4.69) is 31.9 Å². The van der Waals surface area contributed by atoms with Crippen molar-refractivity contribution in [1.82, 2.24) is 5.32 Å². The van der Waals surface area contributed by atoms with Crippen LogP contribution in [0.25, 0.3) is 0 Å². The molecule has 2 aromatic rings. The lowest BCUT2D eigenvalue weighted by atomic mass is 10.0. The Morgan fingerprint density at radius 2 is 1.58 bits per heavy atom. The van der Waals surface area contributed by atoms with Gasteiger partial charge < -0.3 is 16.0 Å². The second kappa shape index (κ2) is 8.49. The summed E-state index contributed by atoms with van der Waals surface area (Å²) in [5, 5.41) is 8.27. The molecule has 0 saturated carbocycles. The van der Waals surface area contributed by atoms with E-state index in [4.69, 9.17) is 0 Å². The predicted octanol–water partition coefficient (Wildman–Crippen LogP) is 4.23. The molecule has 0 aliphatic heterocycles. The second-order valence-corrected chi connectivity index (χ2v) is 6.60. The van der Waals surface area contributed by atoms with Crippen LogP contribution >= 0.6 is 15.9 Å². The van der Waals surface area contributed by atoms with Crippen LogP contribution in [0.4, 0.5) is 16.2 Å². The van der Waals surface area contributed by atoms with Gasteiger partial charge in [0, 0.05) is 15.8 Å². The van der Waals surface area contributed by atoms with Crippen LogP contribution in [0.1, 0.15) is 13.8 Å². The molecule has 2 rings (SSSR count). The number of rotatable bonds is 5. The Hall–Kier alpha value is -2.34. The van der Waals surface area contributed by atoms with Gasteiger partial charge in [-0.2, -0.15) is 0 Å². The van der Waals surface area contributed by atoms with Crippen LogP contribution < -0.4 is 16.0 Å². The van der Waals surface area contributed by atoms with Gasteiger partial charge in [-0.25, -0.2) is 4.79 Å². The van der Waals surface area contributed by atoms with E-state index in [1.807, 2.05) is 44.2 Å². The van der Waals surface area contributed by atoms with E-state index >= 15 is 0 Å². The molecule has 0 heterocycles. The fraction of sp³-hybridized carbons (Fsp3) is 0.222. The van der Waals surface area contributed by atoms with Gasteiger partial charge in [0.2, 0.25) is 5.91 Å². The maximum atomic E-state index is 12.5. The Bertz CT molecular complexity index is 704. The summed E-state index contributed by atoms with van der Waals surface area (Å²) < 4.78 is 0.871. The zero-order chi connectivity index (χ0) is 17.5. The van der Waals surface area contributed by atoms with Gasteiger partial charge in [-0.1, -0.05) is 54.0 Å². The maximum Gasteiger partial charge on any atom is 0.319 e. The minimum absolute atomic E-state index is 0.0568. The first-order valence-corrected chi connectivity index (χ1v) is 8.44. The van der Waals surface area contributed by atoms with Crippen molar-refractivity contribution in [1.29, 1.82) is 0 Å². The van der Waals surface area contributed by atoms with Gasteiger partial charge in [-0.05, 0) is 36.2 Å². The molecule has 0 aromatic heterocycles. The van der Waals surface area contributed by atoms with E-state index < -0.39 is 12.1 Å². The van der Waals surface area contributed by atoms with Crippen LogP contribution in [0.3, 0.4) is 0 Å². The zero-order valence-corrected chi connectivity index (χ0v) is 15.1. The molecule has 5 nitrogen and oxygen atoms in total. The number of urea groups is 1. The molecule has 0 fully saturated rings. The van der Waals surface area contributed by atoms with E-state index in [1.54, 1.807) is 24.3 Å². The van der Waals surface area contributed by atoms with Gasteiger partial charge in [-0.3, -0.25) is 4.79 Å². The van der Waals surface area contributed by atoms with Gasteiger partial charge in [-0.15, -0.1) is 0 Å². The highest BCUT2D eigenvalue weighted by molar-refractivity contribution is 9.10. The van der Waals surface area contributed by atoms with Gasteiger partial charge >= 0.3 is 6.03 Å². The Morgan fingerprint density at radius 1 is 0.917 bits per heavy atom. The summed E-state index contributed by atoms with van der Waals surface area (Å²) in [6.07, 6.45) is 0. The molecular weight excluding hydrogens is 370 g/mol. The number of hydrogen-bond donors (Lipinski definition) is 3. The van der Waals surface area contributed by atoms with E-state index in [0.717, 1.165) is 4.47 Å². The molecule has 126 valence electrons. The Labute approximate surface area is 150 Å². The van der Waals surface area contributed by atoms with Crippen molar-refractivity contribution in [2.24, 2.45) is 5.92 Å². The average molecular weight is 390 g/mol. The number of amides is 3. The van der Waals surface area contributed by atoms with Gasteiger partial charge in [0.25, 0.3) is 0 Å². The number of carbonyl (C=O) groups excluding carboxylic acids is 2. The van der Waals surface area contributed by atoms with Crippen molar-refractivity contribution in [3.63, 3.8) is 0 Å². The van der Waals surface area contributed by atoms with E-state index in [1.165, 1.54) is 0 Å². The summed E-state index contributed by atoms with van der Waals surface area (Å²) in [7, 11) is 0. The van der Waals surface area contributed by atoms with Gasteiger partial charge in [0.1, 0.15) is 6.04 Å². The zero-order valence-electron chi connectivity index (χ0n) is 13.5. The number of para-hydroxylation sites is 1. The molecule has 0 saturated heterocycles. The third-order valence-electron chi connectivity index (χ3n) is 3.36. The van der Waals surface area contributed by atoms with Crippen molar-refractivity contribution < 1.29 is 9.59 Å². The largest absolute Gasteiger partial charge is 0.326 e. The molecule has 1 atom stereocenters. The standard InChI is InChI=1S/C18H20BrN3O2/c1-12(2)16(17(23)20-15-10-6-7-13(19)11-15)22-18(24)21-14-8-4-3-5-9-14/h3-12,16H,1-2H3,(H,20,23)(H2,21,22,24). The molecule has 2 aromatic carbocycles. The first kappa shape index (κ1) is 18.0. The van der Waals surface area contributed by atoms with Crippen molar-refractivity contribution in [3.8, 4) is 0 Å². The van der Waals surface area contributed by atoms with Gasteiger partial charge in [0.15, 0.2) is 0 Å². The van der Waals surface area contributed by atoms with E-state index in [9.17, 15) is 9.59 Å². The summed E-state index contributed by atoms with van der Waals surface area (Å²) in [5.41, 5.74) is 1.34. The number of anilines is 2. The molecule has 24 heavy (non-hydrogen) atoms. The van der Waals surface area contributed by atoms with Crippen LogP contribution in [-0.2, 0) is 4.79 Å². The van der Waals surface area contributed by atoms with Crippen LogP contribution in [0.5, 0.6) is 0 Å². The van der Waals surface area contributed by atoms with Crippen molar-refractivity contribution in [3.05, 3.63) is 59.1 Å². The number of halogens is 1. The molecule has 0 bridgehead atoms. The fourth-order valence-electron chi connectivity index (χ4n) is 2.15. The maximum absolute atomic E-state index is 12.5. The highest BCUT2D eigenvalue weighted by Crippen LogP contribution is 2.16. The molecule has 3 N–H and O–H groups in total. The summed E-state index contributed by atoms with van der Waals surface area (Å²) in [5.74, 6) is -0.315. The Morgan fingerprint density at radius 3 is 2.21 bits per heavy atom. The van der Waals surface area contributed by atoms with Crippen molar-refractivity contribution >= 4 is 39.2 Å². The van der Waals surface area contributed by atoms with Crippen molar-refractivity contribution in [2.75, 3.05) is 10.6 Å². The predicted molar refractivity (Wildman–Crippen MR) is 100.0 cm³/mol. The Balaban J connectivity index is 2.00. The lowest BCUT2D eigenvalue weighted by Gasteiger charge is -2.22. The highest BCUT2D eigenvalue weighted by Gasteiger charge is 2.24. The normalized spacial score (nSPS) is 11.7. The lowest BCUT2D eigenvalue weighted by Crippen LogP contribution is -2.48. The molecular formula is C18H20BrN3O2. The van der Waals surface area contributed by atoms with Crippen LogP contribution in [0, 0.1) is 5.92 Å². The molecule has 6 heteroatoms. The van der Waals surface area contributed by atoms with E-state index in [0.29, 0.717) is 11.4 Å². The van der Waals surface area contributed by atoms with E-state index in [-0.39, 0.29) is 11.8 Å². The smallest absolute Gasteiger partial charge is 0.319 e. The number of nitrogens with one attached hydrogen (secondary N) is 3. The minimum Gasteiger partial charge on any atom is -0.326 e. The fourth-order valence-corrected chi connectivity index (χ4v) is 2.55. The molecule has 0 radical (unpaired) electrons. The third-order valence-corrected chi connectivity index (χ3v) is 3.85. The second-order valence-electron chi connectivity index (χ2n) is 5.69.